The van der Waals surface area contributed by atoms with Gasteiger partial charge >= 0.3 is 0 Å². The van der Waals surface area contributed by atoms with Crippen LogP contribution in [-0.4, -0.2) is 116 Å². The number of benzene rings is 2. The maximum absolute atomic E-state index is 13.3. The molecule has 0 unspecified atom stereocenters. The van der Waals surface area contributed by atoms with Crippen LogP contribution in [0, 0.1) is 0 Å². The molecule has 228 valence electrons. The maximum Gasteiger partial charge on any atom is 0.229 e. The standard InChI is InChI=1S/C27H30O15/c1-37-24-15(6-14-17(20(24)33)18(31)12(8-38-14)10-2-4-11(29)5-3-10)40-27-23(36)21(34)25(16(7-28)41-27)42-26-22(35)19(32)13(30)9-39-26/h2-6,8,13,16,19,21-23,25-30,32-36H,7,9H2,1H3/t13-,16-,19+,21-,22-,23-,25-,26+,27-/m1/s1. The number of aromatic hydroxyl groups is 2. The number of aliphatic hydroxyl groups excluding tert-OH is 6. The molecule has 3 aromatic rings. The Morgan fingerprint density at radius 2 is 1.64 bits per heavy atom. The quantitative estimate of drug-likeness (QED) is 0.156. The van der Waals surface area contributed by atoms with Gasteiger partial charge in [-0.3, -0.25) is 4.79 Å². The van der Waals surface area contributed by atoms with E-state index in [1.807, 2.05) is 0 Å². The summed E-state index contributed by atoms with van der Waals surface area (Å²) in [6.07, 6.45) is -13.2. The Morgan fingerprint density at radius 1 is 0.952 bits per heavy atom. The molecule has 15 nitrogen and oxygen atoms in total. The topological polar surface area (TPSA) is 238 Å². The molecular weight excluding hydrogens is 564 g/mol. The van der Waals surface area contributed by atoms with Crippen molar-refractivity contribution in [3.8, 4) is 34.1 Å². The Labute approximate surface area is 236 Å². The van der Waals surface area contributed by atoms with E-state index in [-0.39, 0.29) is 40.4 Å². The first-order chi connectivity index (χ1) is 20.0. The summed E-state index contributed by atoms with van der Waals surface area (Å²) in [6.45, 7) is -1.14. The molecule has 1 aromatic heterocycles. The van der Waals surface area contributed by atoms with Gasteiger partial charge in [0.1, 0.15) is 65.7 Å². The smallest absolute Gasteiger partial charge is 0.229 e. The first-order valence-corrected chi connectivity index (χ1v) is 12.8. The first kappa shape index (κ1) is 30.0. The van der Waals surface area contributed by atoms with Crippen molar-refractivity contribution in [2.75, 3.05) is 20.3 Å². The van der Waals surface area contributed by atoms with E-state index in [0.717, 1.165) is 6.26 Å². The monoisotopic (exact) mass is 594 g/mol. The van der Waals surface area contributed by atoms with Gasteiger partial charge in [0.2, 0.25) is 17.5 Å². The molecule has 0 spiro atoms. The number of methoxy groups -OCH3 is 1. The van der Waals surface area contributed by atoms with E-state index in [2.05, 4.69) is 0 Å². The third-order valence-corrected chi connectivity index (χ3v) is 7.15. The van der Waals surface area contributed by atoms with Crippen molar-refractivity contribution >= 4 is 11.0 Å². The highest BCUT2D eigenvalue weighted by Gasteiger charge is 2.49. The molecule has 15 heteroatoms. The van der Waals surface area contributed by atoms with Crippen LogP contribution in [0.2, 0.25) is 0 Å². The SMILES string of the molecule is COc1c(O[C@@H]2O[C@H](CO)[C@@H](O[C@@H]3OC[C@@H](O)[C@H](O)[C@H]3O)[C@H](O)[C@H]2O)cc2occ(-c3ccc(O)cc3)c(=O)c2c1O. The van der Waals surface area contributed by atoms with Crippen LogP contribution >= 0.6 is 0 Å². The van der Waals surface area contributed by atoms with Gasteiger partial charge in [-0.15, -0.1) is 0 Å². The molecule has 2 aromatic carbocycles. The molecule has 9 atom stereocenters. The van der Waals surface area contributed by atoms with Crippen molar-refractivity contribution in [3.05, 3.63) is 46.8 Å². The molecule has 0 bridgehead atoms. The van der Waals surface area contributed by atoms with Crippen LogP contribution in [0.1, 0.15) is 0 Å². The minimum absolute atomic E-state index is 0.00709. The number of phenolic OH excluding ortho intramolecular Hbond substituents is 2. The van der Waals surface area contributed by atoms with Crippen molar-refractivity contribution in [1.29, 1.82) is 0 Å². The molecule has 0 aliphatic carbocycles. The third kappa shape index (κ3) is 5.37. The Hall–Kier alpha value is -3.51. The summed E-state index contributed by atoms with van der Waals surface area (Å²) in [5, 5.41) is 81.5. The van der Waals surface area contributed by atoms with Crippen molar-refractivity contribution in [1.82, 2.24) is 0 Å². The van der Waals surface area contributed by atoms with E-state index in [0.29, 0.717) is 5.56 Å². The fraction of sp³-hybridized carbons (Fsp3) is 0.444. The second-order valence-corrected chi connectivity index (χ2v) is 9.83. The average molecular weight is 595 g/mol. The highest BCUT2D eigenvalue weighted by atomic mass is 16.7. The molecule has 3 heterocycles. The molecular formula is C27H30O15. The van der Waals surface area contributed by atoms with Crippen molar-refractivity contribution in [3.63, 3.8) is 0 Å². The van der Waals surface area contributed by atoms with Gasteiger partial charge in [-0.2, -0.15) is 0 Å². The summed E-state index contributed by atoms with van der Waals surface area (Å²) in [5.41, 5.74) is -0.225. The van der Waals surface area contributed by atoms with Gasteiger partial charge in [-0.25, -0.2) is 0 Å². The lowest BCUT2D eigenvalue weighted by molar-refractivity contribution is -0.339. The summed E-state index contributed by atoms with van der Waals surface area (Å²) >= 11 is 0. The van der Waals surface area contributed by atoms with E-state index in [1.165, 1.54) is 37.4 Å². The zero-order chi connectivity index (χ0) is 30.3. The number of fused-ring (bicyclic) bond motifs is 1. The fourth-order valence-electron chi connectivity index (χ4n) is 4.85. The van der Waals surface area contributed by atoms with Gasteiger partial charge in [0.15, 0.2) is 17.8 Å². The summed E-state index contributed by atoms with van der Waals surface area (Å²) in [7, 11) is 1.19. The zero-order valence-corrected chi connectivity index (χ0v) is 22.0. The van der Waals surface area contributed by atoms with Crippen LogP contribution in [0.15, 0.2) is 45.8 Å². The molecule has 2 aliphatic rings. The second kappa shape index (κ2) is 12.0. The van der Waals surface area contributed by atoms with Crippen molar-refractivity contribution in [2.45, 2.75) is 55.3 Å². The summed E-state index contributed by atoms with van der Waals surface area (Å²) in [5.74, 6) is -1.23. The summed E-state index contributed by atoms with van der Waals surface area (Å²) in [6, 6.07) is 6.95. The molecule has 0 radical (unpaired) electrons. The van der Waals surface area contributed by atoms with E-state index in [1.54, 1.807) is 0 Å². The first-order valence-electron chi connectivity index (χ1n) is 12.8. The third-order valence-electron chi connectivity index (χ3n) is 7.15. The highest BCUT2D eigenvalue weighted by Crippen LogP contribution is 2.43. The number of ether oxygens (including phenoxy) is 5. The number of aliphatic hydroxyl groups is 6. The van der Waals surface area contributed by atoms with Crippen LogP contribution in [0.25, 0.3) is 22.1 Å². The average Bonchev–Trinajstić information content (AvgIpc) is 2.97. The number of hydrogen-bond donors (Lipinski definition) is 8. The predicted octanol–water partition coefficient (Wildman–Crippen LogP) is -1.48. The molecule has 5 rings (SSSR count). The van der Waals surface area contributed by atoms with Crippen LogP contribution in [0.5, 0.6) is 23.0 Å². The Bertz CT molecular complexity index is 1450. The van der Waals surface area contributed by atoms with Crippen LogP contribution in [0.4, 0.5) is 0 Å². The molecule has 8 N–H and O–H groups in total. The lowest BCUT2D eigenvalue weighted by Gasteiger charge is -2.44. The van der Waals surface area contributed by atoms with Crippen LogP contribution in [0.3, 0.4) is 0 Å². The zero-order valence-electron chi connectivity index (χ0n) is 22.0. The van der Waals surface area contributed by atoms with Crippen LogP contribution in [-0.2, 0) is 14.2 Å². The van der Waals surface area contributed by atoms with Gasteiger partial charge in [-0.1, -0.05) is 12.1 Å². The number of hydrogen-bond acceptors (Lipinski definition) is 15. The van der Waals surface area contributed by atoms with E-state index in [4.69, 9.17) is 28.1 Å². The molecule has 0 amide bonds. The molecule has 0 saturated carbocycles. The summed E-state index contributed by atoms with van der Waals surface area (Å²) in [4.78, 5) is 13.3. The molecule has 2 aliphatic heterocycles. The van der Waals surface area contributed by atoms with Crippen molar-refractivity contribution < 1.29 is 69.0 Å². The predicted molar refractivity (Wildman–Crippen MR) is 139 cm³/mol. The lowest BCUT2D eigenvalue weighted by atomic mass is 9.98. The molecule has 2 saturated heterocycles. The Kier molecular flexibility index (Phi) is 8.56. The van der Waals surface area contributed by atoms with Gasteiger partial charge in [0.05, 0.1) is 25.9 Å². The van der Waals surface area contributed by atoms with Gasteiger partial charge in [0, 0.05) is 6.07 Å². The van der Waals surface area contributed by atoms with Gasteiger partial charge in [-0.05, 0) is 17.7 Å². The molecule has 42 heavy (non-hydrogen) atoms. The summed E-state index contributed by atoms with van der Waals surface area (Å²) < 4.78 is 32.9. The number of rotatable bonds is 7. The van der Waals surface area contributed by atoms with E-state index in [9.17, 15) is 45.6 Å². The Balaban J connectivity index is 1.41. The number of phenols is 2. The highest BCUT2D eigenvalue weighted by molar-refractivity contribution is 5.91. The minimum Gasteiger partial charge on any atom is -0.508 e. The van der Waals surface area contributed by atoms with Gasteiger partial charge in [0.25, 0.3) is 0 Å². The lowest BCUT2D eigenvalue weighted by Crippen LogP contribution is -2.63. The van der Waals surface area contributed by atoms with E-state index >= 15 is 0 Å². The normalized spacial score (nSPS) is 31.6. The second-order valence-electron chi connectivity index (χ2n) is 9.83. The minimum atomic E-state index is -1.83. The maximum atomic E-state index is 13.3. The fourth-order valence-corrected chi connectivity index (χ4v) is 4.85. The van der Waals surface area contributed by atoms with Crippen molar-refractivity contribution in [2.24, 2.45) is 0 Å². The Morgan fingerprint density at radius 3 is 2.31 bits per heavy atom. The van der Waals surface area contributed by atoms with E-state index < -0.39 is 73.1 Å². The largest absolute Gasteiger partial charge is 0.508 e. The van der Waals surface area contributed by atoms with Crippen LogP contribution < -0.4 is 14.9 Å². The van der Waals surface area contributed by atoms with Gasteiger partial charge < -0.3 is 69.0 Å². The molecule has 2 fully saturated rings.